The first-order valence-corrected chi connectivity index (χ1v) is 9.26. The van der Waals surface area contributed by atoms with Gasteiger partial charge in [0.05, 0.1) is 18.7 Å². The minimum Gasteiger partial charge on any atom is -0.481 e. The average molecular weight is 411 g/mol. The molecule has 2 fully saturated rings. The van der Waals surface area contributed by atoms with Crippen molar-refractivity contribution in [3.8, 4) is 11.9 Å². The zero-order valence-corrected chi connectivity index (χ0v) is 16.1. The molecule has 0 bridgehead atoms. The number of ether oxygens (including phenoxy) is 2. The van der Waals surface area contributed by atoms with Gasteiger partial charge in [0.15, 0.2) is 0 Å². The van der Waals surface area contributed by atoms with Crippen LogP contribution in [0.25, 0.3) is 0 Å². The highest BCUT2D eigenvalue weighted by Gasteiger charge is 2.32. The van der Waals surface area contributed by atoms with Crippen LogP contribution in [-0.2, 0) is 11.2 Å². The van der Waals surface area contributed by atoms with Gasteiger partial charge in [-0.05, 0) is 30.3 Å². The number of hydrogen-bond donors (Lipinski definition) is 1. The zero-order chi connectivity index (χ0) is 21.3. The Morgan fingerprint density at radius 3 is 2.77 bits per heavy atom. The normalized spacial score (nSPS) is 18.2. The van der Waals surface area contributed by atoms with Crippen molar-refractivity contribution < 1.29 is 23.5 Å². The summed E-state index contributed by atoms with van der Waals surface area (Å²) < 4.78 is 24.2. The second kappa shape index (κ2) is 7.87. The number of carbonyl (C=O) groups is 2. The Labute approximate surface area is 171 Å². The summed E-state index contributed by atoms with van der Waals surface area (Å²) in [5, 5.41) is 11.6. The van der Waals surface area contributed by atoms with Crippen molar-refractivity contribution >= 4 is 23.6 Å². The van der Waals surface area contributed by atoms with Gasteiger partial charge >= 0.3 is 12.1 Å². The maximum atomic E-state index is 13.9. The van der Waals surface area contributed by atoms with Gasteiger partial charge < -0.3 is 14.8 Å². The number of pyridine rings is 1. The van der Waals surface area contributed by atoms with Gasteiger partial charge in [0, 0.05) is 30.8 Å². The van der Waals surface area contributed by atoms with Gasteiger partial charge in [-0.2, -0.15) is 10.2 Å². The number of hydrogen-bond acceptors (Lipinski definition) is 6. The van der Waals surface area contributed by atoms with Crippen molar-refractivity contribution in [3.05, 3.63) is 47.3 Å². The number of carbonyl (C=O) groups excluding carboxylic acids is 2. The van der Waals surface area contributed by atoms with Crippen LogP contribution in [0.2, 0.25) is 0 Å². The number of rotatable bonds is 5. The lowest BCUT2D eigenvalue weighted by Gasteiger charge is -2.19. The molecule has 10 heteroatoms. The number of nitriles is 1. The van der Waals surface area contributed by atoms with E-state index >= 15 is 0 Å². The summed E-state index contributed by atoms with van der Waals surface area (Å²) in [4.78, 5) is 31.4. The molecule has 0 saturated carbocycles. The summed E-state index contributed by atoms with van der Waals surface area (Å²) in [5.74, 6) is 0.0848. The van der Waals surface area contributed by atoms with E-state index in [1.54, 1.807) is 18.2 Å². The topological polar surface area (TPSA) is 108 Å². The van der Waals surface area contributed by atoms with Crippen molar-refractivity contribution in [2.45, 2.75) is 12.5 Å². The fourth-order valence-corrected chi connectivity index (χ4v) is 3.50. The summed E-state index contributed by atoms with van der Waals surface area (Å²) in [7, 11) is 1.48. The number of aromatic nitrogens is 1. The Hall–Kier alpha value is -3.87. The fourth-order valence-electron chi connectivity index (χ4n) is 3.50. The Balaban J connectivity index is 1.53. The molecule has 4 rings (SSSR count). The highest BCUT2D eigenvalue weighted by Crippen LogP contribution is 2.28. The van der Waals surface area contributed by atoms with Crippen LogP contribution in [0.5, 0.6) is 5.88 Å². The Morgan fingerprint density at radius 2 is 2.10 bits per heavy atom. The van der Waals surface area contributed by atoms with Gasteiger partial charge in [-0.3, -0.25) is 9.80 Å². The average Bonchev–Trinajstić information content (AvgIpc) is 3.33. The molecule has 2 aliphatic heterocycles. The molecule has 154 valence electrons. The molecule has 2 aliphatic rings. The largest absolute Gasteiger partial charge is 0.481 e. The van der Waals surface area contributed by atoms with E-state index in [0.717, 1.165) is 5.56 Å². The van der Waals surface area contributed by atoms with Crippen LogP contribution in [-0.4, -0.2) is 50.0 Å². The first-order valence-electron chi connectivity index (χ1n) is 9.26. The van der Waals surface area contributed by atoms with Crippen molar-refractivity contribution in [1.82, 2.24) is 10.3 Å². The van der Waals surface area contributed by atoms with Gasteiger partial charge in [-0.15, -0.1) is 0 Å². The monoisotopic (exact) mass is 411 g/mol. The van der Waals surface area contributed by atoms with Crippen molar-refractivity contribution in [2.24, 2.45) is 0 Å². The summed E-state index contributed by atoms with van der Waals surface area (Å²) in [6, 6.07) is 8.80. The van der Waals surface area contributed by atoms with Gasteiger partial charge in [-0.1, -0.05) is 0 Å². The third kappa shape index (κ3) is 3.57. The van der Waals surface area contributed by atoms with Crippen molar-refractivity contribution in [1.29, 1.82) is 5.26 Å². The number of anilines is 2. The Kier molecular flexibility index (Phi) is 5.10. The molecule has 3 amide bonds. The SMILES string of the molecule is COc1nc(N2CCN(c3ccc(C#N)c(F)c3)C2=O)ccc1C[C@H]1COC(=O)N1. The number of benzene rings is 1. The molecule has 2 aromatic rings. The number of amides is 3. The molecular formula is C20H18FN5O4. The first-order chi connectivity index (χ1) is 14.5. The van der Waals surface area contributed by atoms with E-state index in [1.165, 1.54) is 35.1 Å². The number of cyclic esters (lactones) is 1. The third-order valence-electron chi connectivity index (χ3n) is 4.99. The summed E-state index contributed by atoms with van der Waals surface area (Å²) >= 11 is 0. The van der Waals surface area contributed by atoms with E-state index < -0.39 is 11.9 Å². The maximum absolute atomic E-state index is 13.9. The predicted molar refractivity (Wildman–Crippen MR) is 104 cm³/mol. The summed E-state index contributed by atoms with van der Waals surface area (Å²) in [6.45, 7) is 0.980. The van der Waals surface area contributed by atoms with Crippen LogP contribution in [0.4, 0.5) is 25.5 Å². The molecule has 0 radical (unpaired) electrons. The highest BCUT2D eigenvalue weighted by molar-refractivity contribution is 6.05. The zero-order valence-electron chi connectivity index (χ0n) is 16.1. The molecule has 9 nitrogen and oxygen atoms in total. The van der Waals surface area contributed by atoms with Gasteiger partial charge in [0.2, 0.25) is 5.88 Å². The number of methoxy groups -OCH3 is 1. The molecule has 2 saturated heterocycles. The molecular weight excluding hydrogens is 393 g/mol. The molecule has 1 N–H and O–H groups in total. The van der Waals surface area contributed by atoms with Crippen LogP contribution in [0, 0.1) is 17.1 Å². The molecule has 0 unspecified atom stereocenters. The highest BCUT2D eigenvalue weighted by atomic mass is 19.1. The molecule has 1 aromatic heterocycles. The van der Waals surface area contributed by atoms with E-state index in [9.17, 15) is 14.0 Å². The van der Waals surface area contributed by atoms with Crippen LogP contribution in [0.15, 0.2) is 30.3 Å². The second-order valence-corrected chi connectivity index (χ2v) is 6.84. The maximum Gasteiger partial charge on any atom is 0.407 e. The number of halogens is 1. The van der Waals surface area contributed by atoms with Crippen LogP contribution in [0.1, 0.15) is 11.1 Å². The minimum atomic E-state index is -0.673. The number of urea groups is 1. The van der Waals surface area contributed by atoms with Gasteiger partial charge in [0.1, 0.15) is 24.3 Å². The van der Waals surface area contributed by atoms with Crippen LogP contribution in [0.3, 0.4) is 0 Å². The smallest absolute Gasteiger partial charge is 0.407 e. The number of nitrogens with one attached hydrogen (secondary N) is 1. The quantitative estimate of drug-likeness (QED) is 0.808. The Bertz CT molecular complexity index is 1050. The van der Waals surface area contributed by atoms with E-state index in [-0.39, 0.29) is 24.2 Å². The van der Waals surface area contributed by atoms with E-state index in [0.29, 0.717) is 36.9 Å². The first kappa shape index (κ1) is 19.4. The lowest BCUT2D eigenvalue weighted by Crippen LogP contribution is -2.32. The number of nitrogens with zero attached hydrogens (tertiary/aromatic N) is 4. The van der Waals surface area contributed by atoms with E-state index in [2.05, 4.69) is 10.3 Å². The molecule has 3 heterocycles. The molecule has 0 aliphatic carbocycles. The van der Waals surface area contributed by atoms with Crippen LogP contribution < -0.4 is 19.9 Å². The number of alkyl carbamates (subject to hydrolysis) is 1. The lowest BCUT2D eigenvalue weighted by molar-refractivity contribution is 0.176. The summed E-state index contributed by atoms with van der Waals surface area (Å²) in [6.07, 6.45) is 0.0257. The summed E-state index contributed by atoms with van der Waals surface area (Å²) in [5.41, 5.74) is 1.07. The molecule has 30 heavy (non-hydrogen) atoms. The van der Waals surface area contributed by atoms with Crippen molar-refractivity contribution in [2.75, 3.05) is 36.6 Å². The fraction of sp³-hybridized carbons (Fsp3) is 0.300. The van der Waals surface area contributed by atoms with Gasteiger partial charge in [-0.25, -0.2) is 14.0 Å². The minimum absolute atomic E-state index is 0.0758. The third-order valence-corrected chi connectivity index (χ3v) is 4.99. The molecule has 0 spiro atoms. The van der Waals surface area contributed by atoms with Crippen LogP contribution >= 0.6 is 0 Å². The van der Waals surface area contributed by atoms with E-state index in [1.807, 2.05) is 0 Å². The lowest BCUT2D eigenvalue weighted by atomic mass is 10.1. The predicted octanol–water partition coefficient (Wildman–Crippen LogP) is 2.20. The second-order valence-electron chi connectivity index (χ2n) is 6.84. The Morgan fingerprint density at radius 1 is 1.30 bits per heavy atom. The van der Waals surface area contributed by atoms with Crippen molar-refractivity contribution in [3.63, 3.8) is 0 Å². The molecule has 1 atom stereocenters. The van der Waals surface area contributed by atoms with E-state index in [4.69, 9.17) is 14.7 Å². The standard InChI is InChI=1S/C20H18FN5O4/c1-29-18-12(8-14-11-30-19(27)23-14)3-5-17(24-18)26-7-6-25(20(26)28)15-4-2-13(10-22)16(21)9-15/h2-5,9,14H,6-8,11H2,1H3,(H,23,27)/t14-/m0/s1. The molecule has 1 aromatic carbocycles. The van der Waals surface area contributed by atoms with Gasteiger partial charge in [0.25, 0.3) is 0 Å².